The van der Waals surface area contributed by atoms with Gasteiger partial charge < -0.3 is 14.3 Å². The molecule has 0 radical (unpaired) electrons. The lowest BCUT2D eigenvalue weighted by atomic mass is 9.82. The Bertz CT molecular complexity index is 741. The Hall–Kier alpha value is -1.76. The summed E-state index contributed by atoms with van der Waals surface area (Å²) in [5.41, 5.74) is 0.831. The molecule has 25 heavy (non-hydrogen) atoms. The number of furan rings is 1. The molecule has 0 atom stereocenters. The molecule has 0 aliphatic carbocycles. The second-order valence-corrected chi connectivity index (χ2v) is 9.16. The molecule has 0 aromatic carbocycles. The number of nitrogens with zero attached hydrogens (tertiary/aromatic N) is 3. The number of hydrogen-bond acceptors (Lipinski definition) is 5. The van der Waals surface area contributed by atoms with Crippen LogP contribution in [0.2, 0.25) is 0 Å². The van der Waals surface area contributed by atoms with Gasteiger partial charge in [0, 0.05) is 12.6 Å². The highest BCUT2D eigenvalue weighted by molar-refractivity contribution is 7.99. The molecule has 0 fully saturated rings. The van der Waals surface area contributed by atoms with Crippen molar-refractivity contribution in [3.63, 3.8) is 0 Å². The van der Waals surface area contributed by atoms with Gasteiger partial charge in [-0.3, -0.25) is 4.79 Å². The molecular weight excluding hydrogens is 336 g/mol. The summed E-state index contributed by atoms with van der Waals surface area (Å²) in [6, 6.07) is 1.87. The summed E-state index contributed by atoms with van der Waals surface area (Å²) in [4.78, 5) is 12.3. The van der Waals surface area contributed by atoms with Gasteiger partial charge in [-0.15, -0.1) is 10.2 Å². The number of carbonyl (C=O) groups is 1. The molecule has 138 valence electrons. The Morgan fingerprint density at radius 2 is 1.96 bits per heavy atom. The minimum Gasteiger partial charge on any atom is -0.469 e. The van der Waals surface area contributed by atoms with Gasteiger partial charge in [0.25, 0.3) is 0 Å². The summed E-state index contributed by atoms with van der Waals surface area (Å²) in [6.45, 7) is 12.5. The molecule has 0 unspecified atom stereocenters. The van der Waals surface area contributed by atoms with Crippen molar-refractivity contribution in [1.82, 2.24) is 20.1 Å². The van der Waals surface area contributed by atoms with E-state index in [1.165, 1.54) is 11.8 Å². The topological polar surface area (TPSA) is 72.9 Å². The molecule has 2 rings (SSSR count). The summed E-state index contributed by atoms with van der Waals surface area (Å²) >= 11 is 1.38. The molecule has 2 heterocycles. The molecule has 0 spiro atoms. The zero-order chi connectivity index (χ0) is 18.8. The number of thioether (sulfide) groups is 1. The number of carbonyl (C=O) groups excluding carboxylic acids is 1. The standard InChI is InChI=1S/C18H28N4O2S/c1-12-13(8-9-24-12)15-20-21-16(22(15)7)25-10-14(23)19-18(5,6)11-17(2,3)4/h8-9H,10-11H2,1-7H3,(H,19,23). The molecule has 0 aliphatic rings. The Morgan fingerprint density at radius 1 is 1.28 bits per heavy atom. The summed E-state index contributed by atoms with van der Waals surface area (Å²) in [6.07, 6.45) is 2.54. The van der Waals surface area contributed by atoms with E-state index in [0.29, 0.717) is 10.9 Å². The lowest BCUT2D eigenvalue weighted by Gasteiger charge is -2.33. The van der Waals surface area contributed by atoms with Crippen molar-refractivity contribution in [3.05, 3.63) is 18.1 Å². The molecule has 2 aromatic rings. The summed E-state index contributed by atoms with van der Waals surface area (Å²) in [5.74, 6) is 1.85. The number of amides is 1. The van der Waals surface area contributed by atoms with E-state index < -0.39 is 0 Å². The molecule has 1 amide bonds. The van der Waals surface area contributed by atoms with Crippen molar-refractivity contribution in [2.75, 3.05) is 5.75 Å². The Kier molecular flexibility index (Phi) is 5.66. The summed E-state index contributed by atoms with van der Waals surface area (Å²) < 4.78 is 7.21. The first-order valence-corrected chi connectivity index (χ1v) is 9.35. The normalized spacial score (nSPS) is 12.4. The SMILES string of the molecule is Cc1occc1-c1nnc(SCC(=O)NC(C)(C)CC(C)(C)C)n1C. The highest BCUT2D eigenvalue weighted by Gasteiger charge is 2.27. The molecule has 0 saturated heterocycles. The molecule has 0 bridgehead atoms. The second-order valence-electron chi connectivity index (χ2n) is 8.21. The molecule has 1 N–H and O–H groups in total. The molecule has 2 aromatic heterocycles. The number of aryl methyl sites for hydroxylation is 1. The van der Waals surface area contributed by atoms with Crippen molar-refractivity contribution in [3.8, 4) is 11.4 Å². The van der Waals surface area contributed by atoms with Gasteiger partial charge in [-0.25, -0.2) is 0 Å². The van der Waals surface area contributed by atoms with Crippen LogP contribution in [-0.2, 0) is 11.8 Å². The van der Waals surface area contributed by atoms with E-state index in [4.69, 9.17) is 4.42 Å². The average molecular weight is 365 g/mol. The molecule has 0 aliphatic heterocycles. The van der Waals surface area contributed by atoms with Gasteiger partial charge in [0.05, 0.1) is 17.6 Å². The van der Waals surface area contributed by atoms with Crippen molar-refractivity contribution < 1.29 is 9.21 Å². The van der Waals surface area contributed by atoms with Crippen molar-refractivity contribution >= 4 is 17.7 Å². The predicted octanol–water partition coefficient (Wildman–Crippen LogP) is 3.81. The lowest BCUT2D eigenvalue weighted by Crippen LogP contribution is -2.46. The number of rotatable bonds is 6. The third kappa shape index (κ3) is 5.36. The van der Waals surface area contributed by atoms with Crippen LogP contribution in [0.15, 0.2) is 21.9 Å². The van der Waals surface area contributed by atoms with E-state index in [1.807, 2.05) is 24.6 Å². The van der Waals surface area contributed by atoms with Gasteiger partial charge in [0.1, 0.15) is 5.76 Å². The van der Waals surface area contributed by atoms with Crippen LogP contribution < -0.4 is 5.32 Å². The maximum Gasteiger partial charge on any atom is 0.230 e. The van der Waals surface area contributed by atoms with E-state index in [1.54, 1.807) is 6.26 Å². The number of aromatic nitrogens is 3. The minimum absolute atomic E-state index is 0.00305. The summed E-state index contributed by atoms with van der Waals surface area (Å²) in [5, 5.41) is 12.2. The fourth-order valence-electron chi connectivity index (χ4n) is 3.21. The Labute approximate surface area is 153 Å². The zero-order valence-corrected chi connectivity index (χ0v) is 17.0. The van der Waals surface area contributed by atoms with Gasteiger partial charge in [0.2, 0.25) is 5.91 Å². The van der Waals surface area contributed by atoms with Crippen molar-refractivity contribution in [1.29, 1.82) is 0 Å². The fraction of sp³-hybridized carbons (Fsp3) is 0.611. The molecule has 7 heteroatoms. The lowest BCUT2D eigenvalue weighted by molar-refractivity contribution is -0.120. The highest BCUT2D eigenvalue weighted by Crippen LogP contribution is 2.28. The van der Waals surface area contributed by atoms with Crippen LogP contribution >= 0.6 is 11.8 Å². The monoisotopic (exact) mass is 364 g/mol. The first-order valence-electron chi connectivity index (χ1n) is 8.36. The Morgan fingerprint density at radius 3 is 2.52 bits per heavy atom. The predicted molar refractivity (Wildman–Crippen MR) is 100 cm³/mol. The van der Waals surface area contributed by atoms with Crippen LogP contribution in [0, 0.1) is 12.3 Å². The van der Waals surface area contributed by atoms with Crippen molar-refractivity contribution in [2.45, 2.75) is 58.7 Å². The maximum atomic E-state index is 12.3. The Balaban J connectivity index is 1.97. The first kappa shape index (κ1) is 19.6. The van der Waals surface area contributed by atoms with Gasteiger partial charge in [0.15, 0.2) is 11.0 Å². The van der Waals surface area contributed by atoms with Gasteiger partial charge >= 0.3 is 0 Å². The van der Waals surface area contributed by atoms with Gasteiger partial charge in [-0.2, -0.15) is 0 Å². The van der Waals surface area contributed by atoms with Gasteiger partial charge in [-0.05, 0) is 38.7 Å². The van der Waals surface area contributed by atoms with Crippen LogP contribution in [0.25, 0.3) is 11.4 Å². The maximum absolute atomic E-state index is 12.3. The molecule has 0 saturated carbocycles. The van der Waals surface area contributed by atoms with E-state index >= 15 is 0 Å². The van der Waals surface area contributed by atoms with Crippen LogP contribution in [0.5, 0.6) is 0 Å². The molecule has 6 nitrogen and oxygen atoms in total. The van der Waals surface area contributed by atoms with Crippen LogP contribution in [0.3, 0.4) is 0 Å². The average Bonchev–Trinajstić information content (AvgIpc) is 2.99. The van der Waals surface area contributed by atoms with Crippen LogP contribution in [0.1, 0.15) is 46.8 Å². The third-order valence-corrected chi connectivity index (χ3v) is 4.74. The zero-order valence-electron chi connectivity index (χ0n) is 16.1. The second kappa shape index (κ2) is 7.23. The van der Waals surface area contributed by atoms with E-state index in [-0.39, 0.29) is 16.9 Å². The van der Waals surface area contributed by atoms with Crippen molar-refractivity contribution in [2.24, 2.45) is 12.5 Å². The highest BCUT2D eigenvalue weighted by atomic mass is 32.2. The fourth-order valence-corrected chi connectivity index (χ4v) is 3.92. The van der Waals surface area contributed by atoms with Crippen LogP contribution in [0.4, 0.5) is 0 Å². The van der Waals surface area contributed by atoms with E-state index in [9.17, 15) is 4.79 Å². The number of nitrogens with one attached hydrogen (secondary N) is 1. The minimum atomic E-state index is -0.241. The van der Waals surface area contributed by atoms with E-state index in [2.05, 4.69) is 50.1 Å². The van der Waals surface area contributed by atoms with Crippen LogP contribution in [-0.4, -0.2) is 32.0 Å². The third-order valence-electron chi connectivity index (χ3n) is 3.72. The van der Waals surface area contributed by atoms with Gasteiger partial charge in [-0.1, -0.05) is 32.5 Å². The first-order chi connectivity index (χ1) is 11.5. The smallest absolute Gasteiger partial charge is 0.230 e. The summed E-state index contributed by atoms with van der Waals surface area (Å²) in [7, 11) is 1.89. The quantitative estimate of drug-likeness (QED) is 0.789. The molecular formula is C18H28N4O2S. The largest absolute Gasteiger partial charge is 0.469 e. The number of hydrogen-bond donors (Lipinski definition) is 1. The van der Waals surface area contributed by atoms with E-state index in [0.717, 1.165) is 23.6 Å².